The highest BCUT2D eigenvalue weighted by molar-refractivity contribution is 5.43. The second kappa shape index (κ2) is 9.17. The Bertz CT molecular complexity index is 1500. The van der Waals surface area contributed by atoms with Crippen molar-refractivity contribution in [2.75, 3.05) is 7.11 Å². The van der Waals surface area contributed by atoms with Crippen LogP contribution in [-0.4, -0.2) is 31.3 Å². The maximum Gasteiger partial charge on any atom is 0.333 e. The predicted octanol–water partition coefficient (Wildman–Crippen LogP) is 1.97. The SMILES string of the molecule is COc1ccc(C(c2c(O)n(C)c(=O)n(C)c2=O)c2n(O)c(C)c(C)[n+]2Cc2ccccc2)cc1. The largest absolute Gasteiger partial charge is 0.497 e. The Balaban J connectivity index is 2.08. The van der Waals surface area contributed by atoms with E-state index < -0.39 is 23.0 Å². The van der Waals surface area contributed by atoms with Crippen LogP contribution in [-0.2, 0) is 20.6 Å². The summed E-state index contributed by atoms with van der Waals surface area (Å²) in [5, 5.41) is 22.3. The van der Waals surface area contributed by atoms with Crippen LogP contribution >= 0.6 is 0 Å². The Labute approximate surface area is 202 Å². The summed E-state index contributed by atoms with van der Waals surface area (Å²) in [4.78, 5) is 25.9. The number of nitrogens with zero attached hydrogens (tertiary/aromatic N) is 4. The van der Waals surface area contributed by atoms with Gasteiger partial charge in [-0.25, -0.2) is 9.36 Å². The first-order chi connectivity index (χ1) is 16.7. The molecule has 2 heterocycles. The molecular formula is C26H29N4O5+. The smallest absolute Gasteiger partial charge is 0.333 e. The van der Waals surface area contributed by atoms with Gasteiger partial charge >= 0.3 is 11.5 Å². The number of imidazole rings is 1. The van der Waals surface area contributed by atoms with Crippen molar-refractivity contribution in [2.24, 2.45) is 14.1 Å². The second-order valence-electron chi connectivity index (χ2n) is 8.56. The van der Waals surface area contributed by atoms with Crippen molar-refractivity contribution in [3.8, 4) is 11.6 Å². The van der Waals surface area contributed by atoms with Crippen molar-refractivity contribution in [1.82, 2.24) is 13.9 Å². The fraction of sp³-hybridized carbons (Fsp3) is 0.269. The number of methoxy groups -OCH3 is 1. The van der Waals surface area contributed by atoms with Crippen molar-refractivity contribution < 1.29 is 19.6 Å². The molecule has 9 nitrogen and oxygen atoms in total. The quantitative estimate of drug-likeness (QED) is 0.327. The van der Waals surface area contributed by atoms with Crippen LogP contribution in [0.5, 0.6) is 11.6 Å². The van der Waals surface area contributed by atoms with Gasteiger partial charge in [0.2, 0.25) is 5.88 Å². The van der Waals surface area contributed by atoms with E-state index in [1.165, 1.54) is 14.1 Å². The van der Waals surface area contributed by atoms with E-state index in [1.54, 1.807) is 38.3 Å². The molecule has 1 atom stereocenters. The molecule has 0 saturated heterocycles. The molecule has 0 aliphatic heterocycles. The first-order valence-electron chi connectivity index (χ1n) is 11.1. The Morgan fingerprint density at radius 1 is 0.971 bits per heavy atom. The minimum absolute atomic E-state index is 0.0191. The molecule has 0 saturated carbocycles. The lowest BCUT2D eigenvalue weighted by Gasteiger charge is -2.19. The van der Waals surface area contributed by atoms with Crippen LogP contribution in [0.15, 0.2) is 64.2 Å². The highest BCUT2D eigenvalue weighted by Gasteiger charge is 2.39. The van der Waals surface area contributed by atoms with Crippen LogP contribution < -0.4 is 20.6 Å². The number of aromatic nitrogens is 4. The molecule has 0 aliphatic rings. The average molecular weight is 478 g/mol. The Kier molecular flexibility index (Phi) is 6.26. The number of benzene rings is 2. The molecular weight excluding hydrogens is 448 g/mol. The molecule has 0 fully saturated rings. The van der Waals surface area contributed by atoms with E-state index in [0.29, 0.717) is 29.4 Å². The molecule has 2 N–H and O–H groups in total. The van der Waals surface area contributed by atoms with Gasteiger partial charge < -0.3 is 15.1 Å². The minimum Gasteiger partial charge on any atom is -0.497 e. The first kappa shape index (κ1) is 23.9. The number of rotatable bonds is 6. The number of hydrogen-bond donors (Lipinski definition) is 2. The van der Waals surface area contributed by atoms with Crippen molar-refractivity contribution in [2.45, 2.75) is 26.3 Å². The standard InChI is InChI=1S/C26H28N4O5/c1-16-17(2)30(34)23(29(16)15-18-9-7-6-8-10-18)21(19-11-13-20(35-5)14-12-19)22-24(31)27(3)26(33)28(4)25(22)32/h6-14,21H,15H2,1-5H3,(H-,31,32,34)/p+1. The Hall–Kier alpha value is -4.27. The Morgan fingerprint density at radius 2 is 1.60 bits per heavy atom. The monoisotopic (exact) mass is 477 g/mol. The zero-order valence-electron chi connectivity index (χ0n) is 20.4. The number of hydrogen-bond acceptors (Lipinski definition) is 5. The minimum atomic E-state index is -0.896. The van der Waals surface area contributed by atoms with Gasteiger partial charge in [-0.3, -0.25) is 13.9 Å². The number of ether oxygens (including phenoxy) is 1. The maximum absolute atomic E-state index is 13.4. The molecule has 9 heteroatoms. The summed E-state index contributed by atoms with van der Waals surface area (Å²) in [6, 6.07) is 16.8. The topological polar surface area (TPSA) is 103 Å². The van der Waals surface area contributed by atoms with Gasteiger partial charge in [0.15, 0.2) is 5.69 Å². The fourth-order valence-electron chi connectivity index (χ4n) is 4.40. The predicted molar refractivity (Wildman–Crippen MR) is 129 cm³/mol. The molecule has 35 heavy (non-hydrogen) atoms. The lowest BCUT2D eigenvalue weighted by atomic mass is 9.91. The van der Waals surface area contributed by atoms with Gasteiger partial charge in [-0.05, 0) is 28.0 Å². The van der Waals surface area contributed by atoms with Gasteiger partial charge in [0.1, 0.15) is 23.9 Å². The van der Waals surface area contributed by atoms with Crippen LogP contribution in [0.2, 0.25) is 0 Å². The lowest BCUT2D eigenvalue weighted by molar-refractivity contribution is -0.702. The second-order valence-corrected chi connectivity index (χ2v) is 8.56. The first-order valence-corrected chi connectivity index (χ1v) is 11.1. The number of aromatic hydroxyl groups is 1. The van der Waals surface area contributed by atoms with Crippen LogP contribution in [0.3, 0.4) is 0 Å². The zero-order chi connectivity index (χ0) is 25.4. The molecule has 2 aromatic carbocycles. The van der Waals surface area contributed by atoms with Gasteiger partial charge in [0.05, 0.1) is 12.7 Å². The van der Waals surface area contributed by atoms with Gasteiger partial charge in [-0.2, -0.15) is 0 Å². The van der Waals surface area contributed by atoms with E-state index in [0.717, 1.165) is 25.1 Å². The molecule has 4 aromatic rings. The molecule has 2 aromatic heterocycles. The summed E-state index contributed by atoms with van der Waals surface area (Å²) >= 11 is 0. The summed E-state index contributed by atoms with van der Waals surface area (Å²) in [7, 11) is 4.32. The van der Waals surface area contributed by atoms with E-state index in [1.807, 2.05) is 41.8 Å². The van der Waals surface area contributed by atoms with Crippen molar-refractivity contribution in [3.05, 3.63) is 109 Å². The van der Waals surface area contributed by atoms with Crippen molar-refractivity contribution >= 4 is 0 Å². The van der Waals surface area contributed by atoms with Crippen molar-refractivity contribution in [1.29, 1.82) is 0 Å². The lowest BCUT2D eigenvalue weighted by Crippen LogP contribution is -2.45. The van der Waals surface area contributed by atoms with Crippen LogP contribution in [0.25, 0.3) is 0 Å². The highest BCUT2D eigenvalue weighted by atomic mass is 16.5. The van der Waals surface area contributed by atoms with Gasteiger partial charge in [-0.15, -0.1) is 0 Å². The third-order valence-electron chi connectivity index (χ3n) is 6.59. The molecule has 1 unspecified atom stereocenters. The third-order valence-corrected chi connectivity index (χ3v) is 6.59. The maximum atomic E-state index is 13.4. The summed E-state index contributed by atoms with van der Waals surface area (Å²) in [5.74, 6) is -0.358. The zero-order valence-corrected chi connectivity index (χ0v) is 20.4. The van der Waals surface area contributed by atoms with E-state index in [2.05, 4.69) is 0 Å². The van der Waals surface area contributed by atoms with Crippen molar-refractivity contribution in [3.63, 3.8) is 0 Å². The summed E-state index contributed by atoms with van der Waals surface area (Å²) < 4.78 is 10.2. The summed E-state index contributed by atoms with van der Waals surface area (Å²) in [6.07, 6.45) is 0. The normalized spacial score (nSPS) is 12.0. The summed E-state index contributed by atoms with van der Waals surface area (Å²) in [5.41, 5.74) is 1.71. The fourth-order valence-corrected chi connectivity index (χ4v) is 4.40. The van der Waals surface area contributed by atoms with E-state index in [-0.39, 0.29) is 5.56 Å². The molecule has 0 amide bonds. The van der Waals surface area contributed by atoms with Crippen LogP contribution in [0.1, 0.15) is 39.8 Å². The molecule has 4 rings (SSSR count). The van der Waals surface area contributed by atoms with E-state index in [9.17, 15) is 19.9 Å². The highest BCUT2D eigenvalue weighted by Crippen LogP contribution is 2.34. The molecule has 0 aliphatic carbocycles. The van der Waals surface area contributed by atoms with Gasteiger partial charge in [0.25, 0.3) is 5.56 Å². The van der Waals surface area contributed by atoms with Crippen LogP contribution in [0.4, 0.5) is 0 Å². The summed E-state index contributed by atoms with van der Waals surface area (Å²) in [6.45, 7) is 4.10. The van der Waals surface area contributed by atoms with Gasteiger partial charge in [-0.1, -0.05) is 42.5 Å². The third kappa shape index (κ3) is 3.99. The Morgan fingerprint density at radius 3 is 2.20 bits per heavy atom. The molecule has 182 valence electrons. The van der Waals surface area contributed by atoms with E-state index in [4.69, 9.17) is 4.74 Å². The average Bonchev–Trinajstić information content (AvgIpc) is 3.08. The van der Waals surface area contributed by atoms with E-state index >= 15 is 0 Å². The molecule has 0 bridgehead atoms. The molecule has 0 radical (unpaired) electrons. The van der Waals surface area contributed by atoms with Gasteiger partial charge in [0, 0.05) is 27.9 Å². The van der Waals surface area contributed by atoms with Crippen LogP contribution in [0, 0.1) is 13.8 Å². The molecule has 0 spiro atoms.